The second-order valence-corrected chi connectivity index (χ2v) is 6.67. The van der Waals surface area contributed by atoms with E-state index in [1.54, 1.807) is 35.2 Å². The van der Waals surface area contributed by atoms with Gasteiger partial charge in [-0.3, -0.25) is 14.5 Å². The summed E-state index contributed by atoms with van der Waals surface area (Å²) in [6, 6.07) is 9.82. The van der Waals surface area contributed by atoms with Crippen LogP contribution in [0.2, 0.25) is 0 Å². The van der Waals surface area contributed by atoms with Crippen LogP contribution in [0.1, 0.15) is 12.8 Å². The van der Waals surface area contributed by atoms with Crippen LogP contribution in [0.5, 0.6) is 0 Å². The van der Waals surface area contributed by atoms with Crippen LogP contribution in [0.3, 0.4) is 0 Å². The molecule has 0 radical (unpaired) electrons. The normalized spacial score (nSPS) is 15.1. The summed E-state index contributed by atoms with van der Waals surface area (Å²) < 4.78 is 26.9. The molecule has 1 amide bonds. The largest absolute Gasteiger partial charge is 0.312 e. The minimum Gasteiger partial charge on any atom is -0.312 e. The molecule has 1 fully saturated rings. The van der Waals surface area contributed by atoms with Crippen LogP contribution in [0, 0.1) is 0 Å². The SMILES string of the molecule is O=C1CCCN1c1ccc(NS(=O)(=O)c2cccnc2)cc1. The fraction of sp³-hybridized carbons (Fsp3) is 0.200. The van der Waals surface area contributed by atoms with Crippen LogP contribution >= 0.6 is 0 Å². The molecule has 2 heterocycles. The second-order valence-electron chi connectivity index (χ2n) is 4.99. The number of benzene rings is 1. The Morgan fingerprint density at radius 3 is 2.50 bits per heavy atom. The van der Waals surface area contributed by atoms with Crippen molar-refractivity contribution in [1.29, 1.82) is 0 Å². The molecule has 6 nitrogen and oxygen atoms in total. The van der Waals surface area contributed by atoms with Crippen LogP contribution in [-0.4, -0.2) is 25.9 Å². The number of amides is 1. The average molecular weight is 317 g/mol. The molecule has 22 heavy (non-hydrogen) atoms. The summed E-state index contributed by atoms with van der Waals surface area (Å²) >= 11 is 0. The number of carbonyl (C=O) groups is 1. The molecule has 0 unspecified atom stereocenters. The van der Waals surface area contributed by atoms with E-state index in [0.717, 1.165) is 12.1 Å². The summed E-state index contributed by atoms with van der Waals surface area (Å²) in [6.07, 6.45) is 4.23. The van der Waals surface area contributed by atoms with Gasteiger partial charge in [0.25, 0.3) is 10.0 Å². The Bertz CT molecular complexity index is 773. The first-order valence-corrected chi connectivity index (χ1v) is 8.38. The molecule has 7 heteroatoms. The lowest BCUT2D eigenvalue weighted by atomic mass is 10.2. The zero-order chi connectivity index (χ0) is 15.6. The molecule has 0 bridgehead atoms. The number of nitrogens with zero attached hydrogens (tertiary/aromatic N) is 2. The molecule has 0 saturated carbocycles. The predicted molar refractivity (Wildman–Crippen MR) is 83.1 cm³/mol. The van der Waals surface area contributed by atoms with Crippen molar-refractivity contribution in [2.24, 2.45) is 0 Å². The number of pyridine rings is 1. The van der Waals surface area contributed by atoms with E-state index in [4.69, 9.17) is 0 Å². The minimum absolute atomic E-state index is 0.101. The molecule has 1 aliphatic rings. The number of nitrogens with one attached hydrogen (secondary N) is 1. The molecule has 1 aromatic heterocycles. The van der Waals surface area contributed by atoms with Crippen LogP contribution in [0.15, 0.2) is 53.7 Å². The molecule has 1 aliphatic heterocycles. The third-order valence-electron chi connectivity index (χ3n) is 3.45. The highest BCUT2D eigenvalue weighted by Crippen LogP contribution is 2.24. The molecule has 1 N–H and O–H groups in total. The first-order chi connectivity index (χ1) is 10.6. The topological polar surface area (TPSA) is 79.4 Å². The number of sulfonamides is 1. The van der Waals surface area contributed by atoms with Gasteiger partial charge in [0.1, 0.15) is 4.90 Å². The zero-order valence-electron chi connectivity index (χ0n) is 11.8. The Hall–Kier alpha value is -2.41. The third-order valence-corrected chi connectivity index (χ3v) is 4.82. The molecule has 0 atom stereocenters. The van der Waals surface area contributed by atoms with Gasteiger partial charge in [0, 0.05) is 36.7 Å². The van der Waals surface area contributed by atoms with E-state index in [2.05, 4.69) is 9.71 Å². The van der Waals surface area contributed by atoms with Gasteiger partial charge in [-0.05, 0) is 42.8 Å². The fourth-order valence-corrected chi connectivity index (χ4v) is 3.37. The number of carbonyl (C=O) groups excluding carboxylic acids is 1. The van der Waals surface area contributed by atoms with Crippen molar-refractivity contribution in [3.63, 3.8) is 0 Å². The molecule has 1 saturated heterocycles. The molecular formula is C15H15N3O3S. The Kier molecular flexibility index (Phi) is 3.81. The predicted octanol–water partition coefficient (Wildman–Crippen LogP) is 2.01. The monoisotopic (exact) mass is 317 g/mol. The second kappa shape index (κ2) is 5.76. The highest BCUT2D eigenvalue weighted by atomic mass is 32.2. The molecule has 0 aliphatic carbocycles. The zero-order valence-corrected chi connectivity index (χ0v) is 12.6. The van der Waals surface area contributed by atoms with Crippen molar-refractivity contribution in [2.45, 2.75) is 17.7 Å². The average Bonchev–Trinajstić information content (AvgIpc) is 2.95. The molecule has 3 rings (SSSR count). The lowest BCUT2D eigenvalue weighted by Gasteiger charge is -2.16. The summed E-state index contributed by atoms with van der Waals surface area (Å²) in [5.74, 6) is 0.101. The highest BCUT2D eigenvalue weighted by molar-refractivity contribution is 7.92. The molecule has 1 aromatic carbocycles. The van der Waals surface area contributed by atoms with Crippen LogP contribution in [-0.2, 0) is 14.8 Å². The lowest BCUT2D eigenvalue weighted by Crippen LogP contribution is -2.23. The van der Waals surface area contributed by atoms with Gasteiger partial charge in [-0.2, -0.15) is 0 Å². The number of rotatable bonds is 4. The number of anilines is 2. The highest BCUT2D eigenvalue weighted by Gasteiger charge is 2.21. The summed E-state index contributed by atoms with van der Waals surface area (Å²) in [4.78, 5) is 17.3. The van der Waals surface area contributed by atoms with Crippen molar-refractivity contribution in [2.75, 3.05) is 16.2 Å². The van der Waals surface area contributed by atoms with Crippen molar-refractivity contribution >= 4 is 27.3 Å². The van der Waals surface area contributed by atoms with Crippen LogP contribution in [0.25, 0.3) is 0 Å². The van der Waals surface area contributed by atoms with E-state index in [1.807, 2.05) is 0 Å². The Labute approximate surface area is 128 Å². The number of aromatic nitrogens is 1. The van der Waals surface area contributed by atoms with Gasteiger partial charge < -0.3 is 4.90 Å². The van der Waals surface area contributed by atoms with E-state index in [-0.39, 0.29) is 10.8 Å². The van der Waals surface area contributed by atoms with Gasteiger partial charge in [-0.25, -0.2) is 8.42 Å². The van der Waals surface area contributed by atoms with Gasteiger partial charge in [-0.1, -0.05) is 0 Å². The Balaban J connectivity index is 1.78. The van der Waals surface area contributed by atoms with Gasteiger partial charge >= 0.3 is 0 Å². The third kappa shape index (κ3) is 2.94. The van der Waals surface area contributed by atoms with Crippen LogP contribution < -0.4 is 9.62 Å². The van der Waals surface area contributed by atoms with Gasteiger partial charge in [0.05, 0.1) is 0 Å². The quantitative estimate of drug-likeness (QED) is 0.935. The van der Waals surface area contributed by atoms with Gasteiger partial charge in [0.2, 0.25) is 5.91 Å². The maximum absolute atomic E-state index is 12.2. The maximum atomic E-state index is 12.2. The summed E-state index contributed by atoms with van der Waals surface area (Å²) in [5.41, 5.74) is 1.23. The maximum Gasteiger partial charge on any atom is 0.263 e. The lowest BCUT2D eigenvalue weighted by molar-refractivity contribution is -0.117. The van der Waals surface area contributed by atoms with E-state index in [9.17, 15) is 13.2 Å². The Morgan fingerprint density at radius 1 is 1.14 bits per heavy atom. The summed E-state index contributed by atoms with van der Waals surface area (Å²) in [6.45, 7) is 0.708. The first-order valence-electron chi connectivity index (χ1n) is 6.89. The van der Waals surface area contributed by atoms with Crippen molar-refractivity contribution < 1.29 is 13.2 Å². The van der Waals surface area contributed by atoms with E-state index in [0.29, 0.717) is 18.7 Å². The summed E-state index contributed by atoms with van der Waals surface area (Å²) in [7, 11) is -3.65. The van der Waals surface area contributed by atoms with Gasteiger partial charge in [-0.15, -0.1) is 0 Å². The van der Waals surface area contributed by atoms with E-state index >= 15 is 0 Å². The fourth-order valence-electron chi connectivity index (χ4n) is 2.35. The van der Waals surface area contributed by atoms with Crippen molar-refractivity contribution in [3.05, 3.63) is 48.8 Å². The molecular weight excluding hydrogens is 302 g/mol. The van der Waals surface area contributed by atoms with Crippen LogP contribution in [0.4, 0.5) is 11.4 Å². The molecule has 0 spiro atoms. The van der Waals surface area contributed by atoms with E-state index in [1.165, 1.54) is 18.5 Å². The smallest absolute Gasteiger partial charge is 0.263 e. The first kappa shape index (κ1) is 14.5. The standard InChI is InChI=1S/C15H15N3O3S/c19-15-4-2-10-18(15)13-7-5-12(6-8-13)17-22(20,21)14-3-1-9-16-11-14/h1,3,5-9,11,17H,2,4,10H2. The molecule has 2 aromatic rings. The van der Waals surface area contributed by atoms with Crippen molar-refractivity contribution in [1.82, 2.24) is 4.98 Å². The Morgan fingerprint density at radius 2 is 1.91 bits per heavy atom. The van der Waals surface area contributed by atoms with E-state index < -0.39 is 10.0 Å². The minimum atomic E-state index is -3.65. The van der Waals surface area contributed by atoms with Gasteiger partial charge in [0.15, 0.2) is 0 Å². The summed E-state index contributed by atoms with van der Waals surface area (Å²) in [5, 5.41) is 0. The molecule has 114 valence electrons. The number of hydrogen-bond donors (Lipinski definition) is 1. The van der Waals surface area contributed by atoms with Crippen molar-refractivity contribution in [3.8, 4) is 0 Å². The number of hydrogen-bond acceptors (Lipinski definition) is 4.